The Morgan fingerprint density at radius 2 is 0.697 bits per heavy atom. The molecule has 0 aromatic heterocycles. The van der Waals surface area contributed by atoms with E-state index in [0.717, 1.165) is 0 Å². The fraction of sp³-hybridized carbons (Fsp3) is 1.00. The van der Waals surface area contributed by atoms with E-state index >= 15 is 0 Å². The van der Waals surface area contributed by atoms with Crippen molar-refractivity contribution in [3.8, 4) is 0 Å². The average molecular weight is 643 g/mol. The summed E-state index contributed by atoms with van der Waals surface area (Å²) in [7, 11) is -11.7. The first-order valence-corrected chi connectivity index (χ1v) is 14.6. The molecule has 6 nitrogen and oxygen atoms in total. The molecule has 0 aliphatic heterocycles. The van der Waals surface area contributed by atoms with Crippen molar-refractivity contribution in [3.63, 3.8) is 0 Å². The first-order valence-electron chi connectivity index (χ1n) is 10.3. The molecule has 0 unspecified atom stereocenters. The molecule has 3 rings (SSSR count). The van der Waals surface area contributed by atoms with Crippen molar-refractivity contribution >= 4 is 28.2 Å². The van der Waals surface area contributed by atoms with Crippen molar-refractivity contribution in [1.29, 1.82) is 0 Å². The van der Waals surface area contributed by atoms with E-state index in [9.17, 15) is 26.3 Å². The minimum atomic E-state index is -6.09. The number of halogens is 6. The molecule has 3 aliphatic rings. The van der Waals surface area contributed by atoms with Gasteiger partial charge >= 0.3 is 31.4 Å². The second-order valence-corrected chi connectivity index (χ2v) is 13.9. The maximum atomic E-state index is 10.7. The van der Waals surface area contributed by atoms with Gasteiger partial charge in [-0.25, -0.2) is 16.8 Å². The van der Waals surface area contributed by atoms with Crippen LogP contribution in [-0.4, -0.2) is 53.9 Å². The Kier molecular flexibility index (Phi) is 13.9. The Morgan fingerprint density at radius 3 is 0.818 bits per heavy atom. The molecule has 0 atom stereocenters. The molecule has 0 spiro atoms. The molecular formula is C17H27F6O6PPdS2. The number of hydrogen-bond acceptors (Lipinski definition) is 6. The first-order chi connectivity index (χ1) is 14.4. The van der Waals surface area contributed by atoms with Crippen molar-refractivity contribution in [2.45, 2.75) is 105 Å². The van der Waals surface area contributed by atoms with Gasteiger partial charge in [-0.05, 0) is 55.5 Å². The summed E-state index contributed by atoms with van der Waals surface area (Å²) in [4.78, 5) is 0. The van der Waals surface area contributed by atoms with E-state index in [1.165, 1.54) is 17.0 Å². The molecule has 3 aliphatic carbocycles. The minimum Gasteiger partial charge on any atom is -0.741 e. The van der Waals surface area contributed by atoms with Crippen LogP contribution in [0.2, 0.25) is 0 Å². The third-order valence-corrected chi connectivity index (χ3v) is 11.0. The van der Waals surface area contributed by atoms with E-state index in [1.54, 1.807) is 77.0 Å². The van der Waals surface area contributed by atoms with Crippen LogP contribution in [0, 0.1) is 0 Å². The Hall–Kier alpha value is 0.492. The molecule has 0 bridgehead atoms. The maximum Gasteiger partial charge on any atom is 2.00 e. The van der Waals surface area contributed by atoms with E-state index in [2.05, 4.69) is 0 Å². The molecular weight excluding hydrogens is 616 g/mol. The van der Waals surface area contributed by atoms with Gasteiger partial charge in [0.25, 0.3) is 0 Å². The topological polar surface area (TPSA) is 114 Å². The van der Waals surface area contributed by atoms with Gasteiger partial charge in [0.05, 0.1) is 0 Å². The molecule has 0 aromatic carbocycles. The summed E-state index contributed by atoms with van der Waals surface area (Å²) in [5.74, 6) is 0. The Bertz CT molecular complexity index is 693. The van der Waals surface area contributed by atoms with Gasteiger partial charge in [0.15, 0.2) is 20.2 Å². The summed E-state index contributed by atoms with van der Waals surface area (Å²) >= 11 is 0. The van der Waals surface area contributed by atoms with Crippen molar-refractivity contribution in [2.24, 2.45) is 0 Å². The van der Waals surface area contributed by atoms with Gasteiger partial charge in [-0.15, -0.1) is 0 Å². The van der Waals surface area contributed by atoms with Gasteiger partial charge in [0.2, 0.25) is 0 Å². The average Bonchev–Trinajstić information content (AvgIpc) is 3.38. The normalized spacial score (nSPS) is 21.2. The van der Waals surface area contributed by atoms with Crippen molar-refractivity contribution < 1.29 is 72.7 Å². The van der Waals surface area contributed by atoms with Crippen molar-refractivity contribution in [2.75, 3.05) is 0 Å². The van der Waals surface area contributed by atoms with Gasteiger partial charge in [-0.1, -0.05) is 46.4 Å². The Balaban J connectivity index is 0.000000518. The summed E-state index contributed by atoms with van der Waals surface area (Å²) in [6.45, 7) is 0. The molecule has 16 heteroatoms. The van der Waals surface area contributed by atoms with Crippen LogP contribution in [0.4, 0.5) is 26.3 Å². The molecule has 200 valence electrons. The smallest absolute Gasteiger partial charge is 0.741 e. The second kappa shape index (κ2) is 13.7. The van der Waals surface area contributed by atoms with Gasteiger partial charge in [-0.2, -0.15) is 26.3 Å². The van der Waals surface area contributed by atoms with Crippen LogP contribution in [0.3, 0.4) is 0 Å². The third-order valence-electron chi connectivity index (χ3n) is 5.81. The predicted octanol–water partition coefficient (Wildman–Crippen LogP) is 5.40. The zero-order chi connectivity index (χ0) is 24.8. The van der Waals surface area contributed by atoms with Crippen LogP contribution in [0.25, 0.3) is 0 Å². The molecule has 0 radical (unpaired) electrons. The largest absolute Gasteiger partial charge is 2.00 e. The SMILES string of the molecule is C1CCC(P(C2CCCC2)C2CCCC2)C1.O=S(=O)([O-])C(F)(F)F.O=S(=O)([O-])C(F)(F)F.[Pd+2]. The Labute approximate surface area is 205 Å². The van der Waals surface area contributed by atoms with Crippen LogP contribution < -0.4 is 0 Å². The summed E-state index contributed by atoms with van der Waals surface area (Å²) in [5.41, 5.74) is -7.66. The van der Waals surface area contributed by atoms with Gasteiger partial charge in [-0.3, -0.25) is 0 Å². The van der Waals surface area contributed by atoms with Crippen LogP contribution in [0.15, 0.2) is 0 Å². The van der Waals surface area contributed by atoms with E-state index < -0.39 is 31.3 Å². The summed E-state index contributed by atoms with van der Waals surface area (Å²) in [6, 6.07) is 0. The molecule has 3 fully saturated rings. The predicted molar refractivity (Wildman–Crippen MR) is 105 cm³/mol. The number of hydrogen-bond donors (Lipinski definition) is 0. The maximum absolute atomic E-state index is 10.7. The van der Waals surface area contributed by atoms with Crippen LogP contribution in [-0.2, 0) is 40.7 Å². The molecule has 0 saturated heterocycles. The summed E-state index contributed by atoms with van der Waals surface area (Å²) in [6.07, 6.45) is 19.0. The van der Waals surface area contributed by atoms with Gasteiger partial charge in [0.1, 0.15) is 0 Å². The zero-order valence-electron chi connectivity index (χ0n) is 17.5. The van der Waals surface area contributed by atoms with Crippen molar-refractivity contribution in [1.82, 2.24) is 0 Å². The summed E-state index contributed by atoms with van der Waals surface area (Å²) < 4.78 is 118. The standard InChI is InChI=1S/C15H27P.2CHF3O3S.Pd/c1-2-8-13(7-1)16(14-9-3-4-10-14)15-11-5-6-12-15;2*2-1(3,4)8(5,6)7;/h13-15H,1-12H2;2*(H,5,6,7);/q;;;+2/p-2. The molecule has 0 N–H and O–H groups in total. The molecule has 0 heterocycles. The fourth-order valence-corrected chi connectivity index (χ4v) is 9.17. The first kappa shape index (κ1) is 33.5. The number of rotatable bonds is 3. The fourth-order valence-electron chi connectivity index (χ4n) is 4.50. The quantitative estimate of drug-likeness (QED) is 0.134. The van der Waals surface area contributed by atoms with Gasteiger partial charge in [0, 0.05) is 0 Å². The molecule has 0 amide bonds. The van der Waals surface area contributed by atoms with Crippen LogP contribution in [0.1, 0.15) is 77.0 Å². The Morgan fingerprint density at radius 1 is 0.545 bits per heavy atom. The van der Waals surface area contributed by atoms with Crippen LogP contribution in [0.5, 0.6) is 0 Å². The monoisotopic (exact) mass is 642 g/mol. The molecule has 3 saturated carbocycles. The van der Waals surface area contributed by atoms with E-state index in [4.69, 9.17) is 25.9 Å². The number of alkyl halides is 6. The van der Waals surface area contributed by atoms with Crippen LogP contribution >= 0.6 is 7.92 Å². The van der Waals surface area contributed by atoms with E-state index in [1.807, 2.05) is 0 Å². The second-order valence-electron chi connectivity index (χ2n) is 8.06. The molecule has 0 aromatic rings. The van der Waals surface area contributed by atoms with E-state index in [0.29, 0.717) is 7.92 Å². The minimum absolute atomic E-state index is 0. The zero-order valence-corrected chi connectivity index (χ0v) is 21.6. The third kappa shape index (κ3) is 11.4. The van der Waals surface area contributed by atoms with Gasteiger partial charge < -0.3 is 9.11 Å². The van der Waals surface area contributed by atoms with Crippen molar-refractivity contribution in [3.05, 3.63) is 0 Å². The molecule has 33 heavy (non-hydrogen) atoms. The van der Waals surface area contributed by atoms with E-state index in [-0.39, 0.29) is 20.4 Å². The summed E-state index contributed by atoms with van der Waals surface area (Å²) in [5, 5.41) is 0.